The van der Waals surface area contributed by atoms with Crippen molar-refractivity contribution in [1.82, 2.24) is 15.1 Å². The Hall–Kier alpha value is -1.39. The fourth-order valence-electron chi connectivity index (χ4n) is 3.95. The monoisotopic (exact) mass is 387 g/mol. The lowest BCUT2D eigenvalue weighted by Gasteiger charge is -2.30. The quantitative estimate of drug-likeness (QED) is 0.620. The Labute approximate surface area is 172 Å². The molecule has 0 spiro atoms. The van der Waals surface area contributed by atoms with Crippen LogP contribution in [0.25, 0.3) is 0 Å². The van der Waals surface area contributed by atoms with Gasteiger partial charge in [0.15, 0.2) is 0 Å². The third-order valence-electron chi connectivity index (χ3n) is 5.80. The first kappa shape index (κ1) is 22.9. The molecule has 0 aromatic heterocycles. The van der Waals surface area contributed by atoms with E-state index in [0.29, 0.717) is 12.6 Å². The lowest BCUT2D eigenvalue weighted by molar-refractivity contribution is -0.131. The zero-order valence-corrected chi connectivity index (χ0v) is 18.8. The molecule has 1 unspecified atom stereocenters. The van der Waals surface area contributed by atoms with Crippen molar-refractivity contribution in [2.24, 2.45) is 0 Å². The van der Waals surface area contributed by atoms with Crippen LogP contribution < -0.4 is 5.32 Å². The Kier molecular flexibility index (Phi) is 8.97. The molecule has 1 saturated heterocycles. The predicted molar refractivity (Wildman–Crippen MR) is 119 cm³/mol. The summed E-state index contributed by atoms with van der Waals surface area (Å²) in [6.07, 6.45) is 4.54. The summed E-state index contributed by atoms with van der Waals surface area (Å²) >= 11 is 0. The molecule has 0 radical (unpaired) electrons. The van der Waals surface area contributed by atoms with Crippen molar-refractivity contribution in [2.75, 3.05) is 39.3 Å². The number of rotatable bonds is 10. The second-order valence-corrected chi connectivity index (χ2v) is 9.30. The van der Waals surface area contributed by atoms with Crippen LogP contribution in [0.1, 0.15) is 65.0 Å². The number of hydrogen-bond acceptors (Lipinski definition) is 3. The van der Waals surface area contributed by atoms with Crippen LogP contribution in [0.15, 0.2) is 24.3 Å². The second-order valence-electron chi connectivity index (χ2n) is 9.30. The van der Waals surface area contributed by atoms with Gasteiger partial charge in [0.05, 0.1) is 6.54 Å². The first-order chi connectivity index (χ1) is 13.3. The van der Waals surface area contributed by atoms with Gasteiger partial charge in [-0.1, -0.05) is 52.0 Å². The van der Waals surface area contributed by atoms with Gasteiger partial charge in [-0.05, 0) is 62.2 Å². The molecule has 1 aromatic rings. The van der Waals surface area contributed by atoms with E-state index >= 15 is 0 Å². The van der Waals surface area contributed by atoms with Crippen LogP contribution >= 0.6 is 0 Å². The summed E-state index contributed by atoms with van der Waals surface area (Å²) in [7, 11) is 0. The van der Waals surface area contributed by atoms with Gasteiger partial charge in [-0.2, -0.15) is 0 Å². The van der Waals surface area contributed by atoms with Crippen LogP contribution in [0.3, 0.4) is 0 Å². The Bertz CT molecular complexity index is 591. The molecule has 1 aliphatic rings. The molecule has 1 atom stereocenters. The summed E-state index contributed by atoms with van der Waals surface area (Å²) in [5.41, 5.74) is 3.04. The van der Waals surface area contributed by atoms with Crippen LogP contribution in [0, 0.1) is 0 Å². The number of carbonyl (C=O) groups is 1. The van der Waals surface area contributed by atoms with E-state index in [-0.39, 0.29) is 11.3 Å². The maximum absolute atomic E-state index is 11.9. The first-order valence-electron chi connectivity index (χ1n) is 11.1. The average molecular weight is 388 g/mol. The SMILES string of the molecule is CCCN(CCCCN1CCNCC1=O)C(C)Cc1ccc(C(C)(C)C)cc1. The van der Waals surface area contributed by atoms with Crippen LogP contribution in [0.5, 0.6) is 0 Å². The molecule has 1 fully saturated rings. The third kappa shape index (κ3) is 7.21. The second kappa shape index (κ2) is 11.0. The number of hydrogen-bond donors (Lipinski definition) is 1. The van der Waals surface area contributed by atoms with Gasteiger partial charge in [0, 0.05) is 25.7 Å². The Balaban J connectivity index is 1.80. The largest absolute Gasteiger partial charge is 0.340 e. The highest BCUT2D eigenvalue weighted by Crippen LogP contribution is 2.23. The lowest BCUT2D eigenvalue weighted by atomic mass is 9.86. The first-order valence-corrected chi connectivity index (χ1v) is 11.1. The number of nitrogens with zero attached hydrogens (tertiary/aromatic N) is 2. The van der Waals surface area contributed by atoms with Crippen LogP contribution in [-0.2, 0) is 16.6 Å². The van der Waals surface area contributed by atoms with Crippen molar-refractivity contribution in [1.29, 1.82) is 0 Å². The van der Waals surface area contributed by atoms with Crippen molar-refractivity contribution < 1.29 is 4.79 Å². The van der Waals surface area contributed by atoms with E-state index in [1.807, 2.05) is 4.90 Å². The summed E-state index contributed by atoms with van der Waals surface area (Å²) in [6.45, 7) is 16.9. The van der Waals surface area contributed by atoms with E-state index < -0.39 is 0 Å². The summed E-state index contributed by atoms with van der Waals surface area (Å²) in [6, 6.07) is 9.73. The molecule has 2 rings (SSSR count). The summed E-state index contributed by atoms with van der Waals surface area (Å²) in [5, 5.41) is 3.14. The van der Waals surface area contributed by atoms with Crippen molar-refractivity contribution in [3.8, 4) is 0 Å². The molecule has 1 aliphatic heterocycles. The fourth-order valence-corrected chi connectivity index (χ4v) is 3.95. The van der Waals surface area contributed by atoms with Gasteiger partial charge in [-0.3, -0.25) is 4.79 Å². The minimum absolute atomic E-state index is 0.212. The van der Waals surface area contributed by atoms with Gasteiger partial charge >= 0.3 is 0 Å². The Morgan fingerprint density at radius 1 is 1.14 bits per heavy atom. The Morgan fingerprint density at radius 3 is 2.46 bits per heavy atom. The molecule has 4 heteroatoms. The van der Waals surface area contributed by atoms with Crippen LogP contribution in [0.2, 0.25) is 0 Å². The molecule has 158 valence electrons. The molecule has 1 heterocycles. The molecule has 28 heavy (non-hydrogen) atoms. The standard InChI is InChI=1S/C24H41N3O/c1-6-14-26(15-7-8-16-27-17-13-25-19-23(27)28)20(2)18-21-9-11-22(12-10-21)24(3,4)5/h9-12,20,25H,6-8,13-19H2,1-5H3. The molecule has 4 nitrogen and oxygen atoms in total. The van der Waals surface area contributed by atoms with Gasteiger partial charge in [-0.25, -0.2) is 0 Å². The maximum atomic E-state index is 11.9. The van der Waals surface area contributed by atoms with Gasteiger partial charge in [0.2, 0.25) is 5.91 Å². The molecule has 0 bridgehead atoms. The molecule has 0 saturated carbocycles. The molecule has 0 aliphatic carbocycles. The summed E-state index contributed by atoms with van der Waals surface area (Å²) in [4.78, 5) is 16.5. The number of unbranched alkanes of at least 4 members (excludes halogenated alkanes) is 1. The number of carbonyl (C=O) groups excluding carboxylic acids is 1. The normalized spacial score (nSPS) is 16.6. The van der Waals surface area contributed by atoms with E-state index in [0.717, 1.165) is 52.0 Å². The molecule has 1 N–H and O–H groups in total. The minimum Gasteiger partial charge on any atom is -0.340 e. The lowest BCUT2D eigenvalue weighted by Crippen LogP contribution is -2.48. The third-order valence-corrected chi connectivity index (χ3v) is 5.80. The van der Waals surface area contributed by atoms with Crippen molar-refractivity contribution in [2.45, 2.75) is 71.8 Å². The number of amides is 1. The zero-order chi connectivity index (χ0) is 20.6. The van der Waals surface area contributed by atoms with Crippen molar-refractivity contribution in [3.63, 3.8) is 0 Å². The zero-order valence-electron chi connectivity index (χ0n) is 18.8. The topological polar surface area (TPSA) is 35.6 Å². The van der Waals surface area contributed by atoms with E-state index in [1.54, 1.807) is 0 Å². The van der Waals surface area contributed by atoms with Gasteiger partial charge in [0.25, 0.3) is 0 Å². The summed E-state index contributed by atoms with van der Waals surface area (Å²) in [5.74, 6) is 0.253. The fraction of sp³-hybridized carbons (Fsp3) is 0.708. The van der Waals surface area contributed by atoms with Crippen LogP contribution in [-0.4, -0.2) is 61.0 Å². The number of benzene rings is 1. The maximum Gasteiger partial charge on any atom is 0.236 e. The van der Waals surface area contributed by atoms with E-state index in [9.17, 15) is 4.79 Å². The number of nitrogens with one attached hydrogen (secondary N) is 1. The van der Waals surface area contributed by atoms with E-state index in [2.05, 4.69) is 69.1 Å². The highest BCUT2D eigenvalue weighted by atomic mass is 16.2. The van der Waals surface area contributed by atoms with Crippen molar-refractivity contribution >= 4 is 5.91 Å². The van der Waals surface area contributed by atoms with Gasteiger partial charge in [0.1, 0.15) is 0 Å². The predicted octanol–water partition coefficient (Wildman–Crippen LogP) is 3.84. The molecular weight excluding hydrogens is 346 g/mol. The Morgan fingerprint density at radius 2 is 1.86 bits per heavy atom. The summed E-state index contributed by atoms with van der Waals surface area (Å²) < 4.78 is 0. The molecule has 1 amide bonds. The minimum atomic E-state index is 0.212. The van der Waals surface area contributed by atoms with Crippen molar-refractivity contribution in [3.05, 3.63) is 35.4 Å². The molecule has 1 aromatic carbocycles. The van der Waals surface area contributed by atoms with E-state index in [4.69, 9.17) is 0 Å². The van der Waals surface area contributed by atoms with E-state index in [1.165, 1.54) is 17.5 Å². The smallest absolute Gasteiger partial charge is 0.236 e. The van der Waals surface area contributed by atoms with Gasteiger partial charge in [-0.15, -0.1) is 0 Å². The highest BCUT2D eigenvalue weighted by Gasteiger charge is 2.18. The van der Waals surface area contributed by atoms with Gasteiger partial charge < -0.3 is 15.1 Å². The average Bonchev–Trinajstić information content (AvgIpc) is 2.65. The molecular formula is C24H41N3O. The highest BCUT2D eigenvalue weighted by molar-refractivity contribution is 5.78. The van der Waals surface area contributed by atoms with Crippen LogP contribution in [0.4, 0.5) is 0 Å². The number of piperazine rings is 1.